The Morgan fingerprint density at radius 3 is 2.17 bits per heavy atom. The van der Waals surface area contributed by atoms with Crippen molar-refractivity contribution in [1.29, 1.82) is 0 Å². The van der Waals surface area contributed by atoms with Crippen LogP contribution in [0, 0.1) is 0 Å². The van der Waals surface area contributed by atoms with Gasteiger partial charge in [-0.3, -0.25) is 5.84 Å². The van der Waals surface area contributed by atoms with Gasteiger partial charge in [-0.25, -0.2) is 5.01 Å². The van der Waals surface area contributed by atoms with E-state index < -0.39 is 0 Å². The van der Waals surface area contributed by atoms with Crippen molar-refractivity contribution >= 4 is 0 Å². The van der Waals surface area contributed by atoms with Gasteiger partial charge in [0.1, 0.15) is 0 Å². The van der Waals surface area contributed by atoms with Crippen LogP contribution in [0.15, 0.2) is 0 Å². The van der Waals surface area contributed by atoms with Crippen LogP contribution in [0.1, 0.15) is 6.42 Å². The smallest absolute Gasteiger partial charge is 0.0156 e. The van der Waals surface area contributed by atoms with E-state index in [1.807, 2.05) is 5.01 Å². The Kier molecular flexibility index (Phi) is 1.05. The fourth-order valence-corrected chi connectivity index (χ4v) is 0.445. The topological polar surface area (TPSA) is 41.3 Å². The van der Waals surface area contributed by atoms with Crippen molar-refractivity contribution in [2.45, 2.75) is 6.42 Å². The summed E-state index contributed by atoms with van der Waals surface area (Å²) in [4.78, 5) is 0. The lowest BCUT2D eigenvalue weighted by molar-refractivity contribution is 0.110. The second kappa shape index (κ2) is 1.55. The number of hydrazine groups is 2. The van der Waals surface area contributed by atoms with Crippen LogP contribution >= 0.6 is 0 Å². The average molecular weight is 87.1 g/mol. The maximum atomic E-state index is 5.01. The van der Waals surface area contributed by atoms with E-state index in [1.165, 1.54) is 6.42 Å². The third-order valence-electron chi connectivity index (χ3n) is 1.04. The van der Waals surface area contributed by atoms with Crippen LogP contribution in [0.4, 0.5) is 0 Å². The van der Waals surface area contributed by atoms with Crippen LogP contribution in [-0.2, 0) is 0 Å². The number of hydrogen-bond donors (Lipinski definition) is 2. The summed E-state index contributed by atoms with van der Waals surface area (Å²) in [6, 6.07) is 0. The second-order valence-corrected chi connectivity index (χ2v) is 1.47. The van der Waals surface area contributed by atoms with Gasteiger partial charge in [-0.1, -0.05) is 0 Å². The van der Waals surface area contributed by atoms with Crippen molar-refractivity contribution in [3.63, 3.8) is 0 Å². The number of rotatable bonds is 1. The van der Waals surface area contributed by atoms with Crippen molar-refractivity contribution in [2.75, 3.05) is 13.1 Å². The summed E-state index contributed by atoms with van der Waals surface area (Å²) < 4.78 is 0. The van der Waals surface area contributed by atoms with E-state index >= 15 is 0 Å². The molecule has 1 rings (SSSR count). The van der Waals surface area contributed by atoms with E-state index in [0.717, 1.165) is 13.1 Å². The average Bonchev–Trinajstić information content (AvgIpc) is 1.31. The first-order valence-corrected chi connectivity index (χ1v) is 2.14. The molecule has 0 bridgehead atoms. The molecule has 0 atom stereocenters. The quantitative estimate of drug-likeness (QED) is 0.321. The predicted molar refractivity (Wildman–Crippen MR) is 23.5 cm³/mol. The Morgan fingerprint density at radius 1 is 1.50 bits per heavy atom. The molecule has 6 heavy (non-hydrogen) atoms. The standard InChI is InChI=1S/C3H9N3/c4-5-6-2-1-3-6/h5H,1-4H2. The number of nitrogens with one attached hydrogen (secondary N) is 1. The third-order valence-corrected chi connectivity index (χ3v) is 1.04. The molecule has 0 radical (unpaired) electrons. The molecule has 0 amide bonds. The van der Waals surface area contributed by atoms with Crippen molar-refractivity contribution < 1.29 is 0 Å². The molecule has 1 aliphatic rings. The molecule has 3 heteroatoms. The Bertz CT molecular complexity index is 38.5. The molecule has 1 heterocycles. The van der Waals surface area contributed by atoms with E-state index in [-0.39, 0.29) is 0 Å². The minimum Gasteiger partial charge on any atom is -0.258 e. The summed E-state index contributed by atoms with van der Waals surface area (Å²) in [5, 5.41) is 1.96. The van der Waals surface area contributed by atoms with Gasteiger partial charge >= 0.3 is 0 Å². The number of hydrogen-bond acceptors (Lipinski definition) is 3. The largest absolute Gasteiger partial charge is 0.258 e. The summed E-state index contributed by atoms with van der Waals surface area (Å²) in [7, 11) is 0. The second-order valence-electron chi connectivity index (χ2n) is 1.47. The summed E-state index contributed by atoms with van der Waals surface area (Å²) in [5.41, 5.74) is 2.53. The van der Waals surface area contributed by atoms with Crippen LogP contribution < -0.4 is 11.4 Å². The van der Waals surface area contributed by atoms with E-state index in [4.69, 9.17) is 5.84 Å². The van der Waals surface area contributed by atoms with Crippen LogP contribution in [0.3, 0.4) is 0 Å². The lowest BCUT2D eigenvalue weighted by atomic mass is 10.3. The highest BCUT2D eigenvalue weighted by atomic mass is 15.6. The van der Waals surface area contributed by atoms with E-state index in [9.17, 15) is 0 Å². The molecule has 1 aliphatic heterocycles. The van der Waals surface area contributed by atoms with E-state index in [2.05, 4.69) is 5.53 Å². The maximum Gasteiger partial charge on any atom is 0.0156 e. The molecule has 0 aromatic heterocycles. The SMILES string of the molecule is NNN1CCC1. The van der Waals surface area contributed by atoms with Crippen LogP contribution in [0.5, 0.6) is 0 Å². The highest BCUT2D eigenvalue weighted by Gasteiger charge is 2.09. The zero-order chi connectivity index (χ0) is 4.41. The molecular weight excluding hydrogens is 78.1 g/mol. The van der Waals surface area contributed by atoms with E-state index in [0.29, 0.717) is 0 Å². The zero-order valence-electron chi connectivity index (χ0n) is 3.65. The van der Waals surface area contributed by atoms with Gasteiger partial charge in [0.15, 0.2) is 0 Å². The van der Waals surface area contributed by atoms with Gasteiger partial charge in [0.2, 0.25) is 0 Å². The Labute approximate surface area is 37.1 Å². The molecule has 0 aromatic rings. The van der Waals surface area contributed by atoms with Crippen molar-refractivity contribution in [1.82, 2.24) is 10.5 Å². The Morgan fingerprint density at radius 2 is 2.17 bits per heavy atom. The molecule has 0 unspecified atom stereocenters. The molecule has 1 saturated heterocycles. The summed E-state index contributed by atoms with van der Waals surface area (Å²) in [5.74, 6) is 5.01. The molecule has 0 aromatic carbocycles. The Balaban J connectivity index is 2.01. The minimum atomic E-state index is 1.11. The van der Waals surface area contributed by atoms with Gasteiger partial charge in [-0.05, 0) is 6.42 Å². The van der Waals surface area contributed by atoms with Crippen molar-refractivity contribution in [3.8, 4) is 0 Å². The van der Waals surface area contributed by atoms with E-state index in [1.54, 1.807) is 0 Å². The normalized spacial score (nSPS) is 23.5. The van der Waals surface area contributed by atoms with Gasteiger partial charge in [-0.15, -0.1) is 0 Å². The van der Waals surface area contributed by atoms with Gasteiger partial charge < -0.3 is 0 Å². The van der Waals surface area contributed by atoms with Gasteiger partial charge in [0, 0.05) is 13.1 Å². The summed E-state index contributed by atoms with van der Waals surface area (Å²) in [6.45, 7) is 2.22. The lowest BCUT2D eigenvalue weighted by Gasteiger charge is -2.28. The first kappa shape index (κ1) is 4.05. The Hall–Kier alpha value is -0.120. The molecule has 36 valence electrons. The van der Waals surface area contributed by atoms with Gasteiger partial charge in [0.25, 0.3) is 0 Å². The highest BCUT2D eigenvalue weighted by Crippen LogP contribution is 1.97. The van der Waals surface area contributed by atoms with Crippen molar-refractivity contribution in [2.24, 2.45) is 5.84 Å². The number of nitrogens with zero attached hydrogens (tertiary/aromatic N) is 1. The fourth-order valence-electron chi connectivity index (χ4n) is 0.445. The molecule has 0 saturated carbocycles. The molecular formula is C3H9N3. The van der Waals surface area contributed by atoms with Crippen molar-refractivity contribution in [3.05, 3.63) is 0 Å². The number of nitrogens with two attached hydrogens (primary N) is 1. The molecule has 0 spiro atoms. The highest BCUT2D eigenvalue weighted by molar-refractivity contribution is 4.60. The zero-order valence-corrected chi connectivity index (χ0v) is 3.65. The first-order chi connectivity index (χ1) is 2.93. The van der Waals surface area contributed by atoms with Gasteiger partial charge in [0.05, 0.1) is 0 Å². The molecule has 1 fully saturated rings. The lowest BCUT2D eigenvalue weighted by Crippen LogP contribution is -2.50. The first-order valence-electron chi connectivity index (χ1n) is 2.14. The molecule has 3 nitrogen and oxygen atoms in total. The van der Waals surface area contributed by atoms with Crippen LogP contribution in [0.2, 0.25) is 0 Å². The third kappa shape index (κ3) is 0.518. The fraction of sp³-hybridized carbons (Fsp3) is 1.00. The minimum absolute atomic E-state index is 1.11. The van der Waals surface area contributed by atoms with Gasteiger partial charge in [-0.2, -0.15) is 5.53 Å². The molecule has 0 aliphatic carbocycles. The maximum absolute atomic E-state index is 5.01. The summed E-state index contributed by atoms with van der Waals surface area (Å²) in [6.07, 6.45) is 1.28. The van der Waals surface area contributed by atoms with Crippen LogP contribution in [-0.4, -0.2) is 18.1 Å². The predicted octanol–water partition coefficient (Wildman–Crippen LogP) is -0.930. The summed E-state index contributed by atoms with van der Waals surface area (Å²) >= 11 is 0. The van der Waals surface area contributed by atoms with Crippen LogP contribution in [0.25, 0.3) is 0 Å². The molecule has 3 N–H and O–H groups in total. The monoisotopic (exact) mass is 87.1 g/mol.